The maximum Gasteiger partial charge on any atom is 0.127 e. The minimum absolute atomic E-state index is 0.102. The van der Waals surface area contributed by atoms with Crippen molar-refractivity contribution in [2.45, 2.75) is 25.7 Å². The molecule has 0 spiro atoms. The molecular weight excluding hydrogens is 138 g/mol. The van der Waals surface area contributed by atoms with Gasteiger partial charge in [0.1, 0.15) is 6.29 Å². The maximum atomic E-state index is 10.7. The second-order valence-corrected chi connectivity index (χ2v) is 3.96. The van der Waals surface area contributed by atoms with Crippen LogP contribution in [0.15, 0.2) is 0 Å². The summed E-state index contributed by atoms with van der Waals surface area (Å²) in [6.07, 6.45) is 6.09. The summed E-state index contributed by atoms with van der Waals surface area (Å²) in [5, 5.41) is 0. The topological polar surface area (TPSA) is 20.3 Å². The smallest absolute Gasteiger partial charge is 0.127 e. The van der Waals surface area contributed by atoms with Gasteiger partial charge in [0, 0.05) is 12.0 Å². The fraction of sp³-hybridized carbons (Fsp3) is 0.889. The third-order valence-electron chi connectivity index (χ3n) is 2.88. The summed E-state index contributed by atoms with van der Waals surface area (Å²) >= 11 is 0. The molecule has 2 heteroatoms. The lowest BCUT2D eigenvalue weighted by Gasteiger charge is -2.17. The van der Waals surface area contributed by atoms with Crippen molar-refractivity contribution in [3.63, 3.8) is 0 Å². The molecule has 0 unspecified atom stereocenters. The van der Waals surface area contributed by atoms with Crippen molar-refractivity contribution >= 4 is 6.29 Å². The summed E-state index contributed by atoms with van der Waals surface area (Å²) in [5.74, 6) is 0. The first kappa shape index (κ1) is 7.29. The number of rotatable bonds is 3. The van der Waals surface area contributed by atoms with Crippen LogP contribution in [-0.4, -0.2) is 30.8 Å². The van der Waals surface area contributed by atoms with Crippen molar-refractivity contribution < 1.29 is 4.79 Å². The zero-order valence-electron chi connectivity index (χ0n) is 6.88. The molecule has 2 rings (SSSR count). The molecule has 1 aliphatic heterocycles. The van der Waals surface area contributed by atoms with E-state index in [1.165, 1.54) is 32.2 Å². The molecule has 0 aromatic heterocycles. The van der Waals surface area contributed by atoms with Gasteiger partial charge in [-0.3, -0.25) is 0 Å². The summed E-state index contributed by atoms with van der Waals surface area (Å²) in [4.78, 5) is 13.1. The van der Waals surface area contributed by atoms with Gasteiger partial charge in [-0.2, -0.15) is 0 Å². The standard InChI is InChI=1S/C9H15NO/c11-8-9(3-4-9)7-10-5-1-2-6-10/h8H,1-7H2. The Balaban J connectivity index is 1.84. The van der Waals surface area contributed by atoms with E-state index in [9.17, 15) is 4.79 Å². The van der Waals surface area contributed by atoms with E-state index >= 15 is 0 Å². The monoisotopic (exact) mass is 153 g/mol. The van der Waals surface area contributed by atoms with Gasteiger partial charge in [-0.15, -0.1) is 0 Å². The van der Waals surface area contributed by atoms with Gasteiger partial charge in [-0.05, 0) is 38.8 Å². The molecule has 0 radical (unpaired) electrons. The Morgan fingerprint density at radius 1 is 1.27 bits per heavy atom. The lowest BCUT2D eigenvalue weighted by molar-refractivity contribution is -0.112. The second kappa shape index (κ2) is 2.59. The third-order valence-corrected chi connectivity index (χ3v) is 2.88. The molecule has 0 amide bonds. The molecule has 1 saturated carbocycles. The molecule has 0 N–H and O–H groups in total. The number of carbonyl (C=O) groups is 1. The lowest BCUT2D eigenvalue weighted by atomic mass is 10.1. The first-order valence-corrected chi connectivity index (χ1v) is 4.53. The minimum atomic E-state index is 0.102. The molecule has 62 valence electrons. The van der Waals surface area contributed by atoms with Crippen LogP contribution in [0.1, 0.15) is 25.7 Å². The largest absolute Gasteiger partial charge is 0.303 e. The molecule has 0 aromatic carbocycles. The van der Waals surface area contributed by atoms with Crippen molar-refractivity contribution in [3.8, 4) is 0 Å². The van der Waals surface area contributed by atoms with Crippen LogP contribution in [0.25, 0.3) is 0 Å². The highest BCUT2D eigenvalue weighted by Crippen LogP contribution is 2.44. The fourth-order valence-electron chi connectivity index (χ4n) is 1.86. The third kappa shape index (κ3) is 1.45. The van der Waals surface area contributed by atoms with Gasteiger partial charge in [0.2, 0.25) is 0 Å². The first-order valence-electron chi connectivity index (χ1n) is 4.53. The van der Waals surface area contributed by atoms with Gasteiger partial charge in [0.25, 0.3) is 0 Å². The van der Waals surface area contributed by atoms with E-state index in [1.54, 1.807) is 0 Å². The van der Waals surface area contributed by atoms with Crippen LogP contribution >= 0.6 is 0 Å². The SMILES string of the molecule is O=CC1(CN2CCCC2)CC1. The molecule has 2 aliphatic rings. The summed E-state index contributed by atoms with van der Waals surface area (Å²) in [6, 6.07) is 0. The molecule has 1 heterocycles. The van der Waals surface area contributed by atoms with Crippen LogP contribution in [0, 0.1) is 5.41 Å². The van der Waals surface area contributed by atoms with E-state index in [1.807, 2.05) is 0 Å². The van der Waals surface area contributed by atoms with E-state index in [2.05, 4.69) is 4.90 Å². The number of likely N-dealkylation sites (tertiary alicyclic amines) is 1. The van der Waals surface area contributed by atoms with E-state index < -0.39 is 0 Å². The Morgan fingerprint density at radius 2 is 1.91 bits per heavy atom. The number of hydrogen-bond donors (Lipinski definition) is 0. The highest BCUT2D eigenvalue weighted by atomic mass is 16.1. The van der Waals surface area contributed by atoms with Crippen molar-refractivity contribution in [2.24, 2.45) is 5.41 Å². The van der Waals surface area contributed by atoms with Gasteiger partial charge >= 0.3 is 0 Å². The fourth-order valence-corrected chi connectivity index (χ4v) is 1.86. The number of carbonyl (C=O) groups excluding carboxylic acids is 1. The van der Waals surface area contributed by atoms with Crippen molar-refractivity contribution in [3.05, 3.63) is 0 Å². The van der Waals surface area contributed by atoms with Crippen molar-refractivity contribution in [1.29, 1.82) is 0 Å². The van der Waals surface area contributed by atoms with E-state index in [4.69, 9.17) is 0 Å². The van der Waals surface area contributed by atoms with Gasteiger partial charge in [0.05, 0.1) is 0 Å². The predicted octanol–water partition coefficient (Wildman–Crippen LogP) is 1.06. The first-order chi connectivity index (χ1) is 5.35. The average molecular weight is 153 g/mol. The van der Waals surface area contributed by atoms with Crippen molar-refractivity contribution in [2.75, 3.05) is 19.6 Å². The molecule has 1 aliphatic carbocycles. The highest BCUT2D eigenvalue weighted by molar-refractivity contribution is 5.63. The normalized spacial score (nSPS) is 28.7. The van der Waals surface area contributed by atoms with E-state index in [0.29, 0.717) is 0 Å². The Kier molecular flexibility index (Phi) is 1.72. The van der Waals surface area contributed by atoms with Gasteiger partial charge in [-0.25, -0.2) is 0 Å². The number of aldehydes is 1. The van der Waals surface area contributed by atoms with Crippen LogP contribution in [0.4, 0.5) is 0 Å². The van der Waals surface area contributed by atoms with Crippen LogP contribution in [-0.2, 0) is 4.79 Å². The maximum absolute atomic E-state index is 10.7. The van der Waals surface area contributed by atoms with E-state index in [0.717, 1.165) is 19.4 Å². The molecule has 0 aromatic rings. The van der Waals surface area contributed by atoms with Crippen LogP contribution in [0.5, 0.6) is 0 Å². The van der Waals surface area contributed by atoms with Crippen LogP contribution < -0.4 is 0 Å². The van der Waals surface area contributed by atoms with Gasteiger partial charge in [-0.1, -0.05) is 0 Å². The lowest BCUT2D eigenvalue weighted by Crippen LogP contribution is -2.28. The van der Waals surface area contributed by atoms with Gasteiger partial charge < -0.3 is 9.69 Å². The molecular formula is C9H15NO. The molecule has 2 fully saturated rings. The summed E-state index contributed by atoms with van der Waals surface area (Å²) in [5.41, 5.74) is 0.102. The molecule has 0 atom stereocenters. The number of hydrogen-bond acceptors (Lipinski definition) is 2. The molecule has 0 bridgehead atoms. The summed E-state index contributed by atoms with van der Waals surface area (Å²) in [7, 11) is 0. The highest BCUT2D eigenvalue weighted by Gasteiger charge is 2.43. The average Bonchev–Trinajstić information content (AvgIpc) is 2.59. The second-order valence-electron chi connectivity index (χ2n) is 3.96. The quantitative estimate of drug-likeness (QED) is 0.565. The van der Waals surface area contributed by atoms with E-state index in [-0.39, 0.29) is 5.41 Å². The zero-order chi connectivity index (χ0) is 7.73. The minimum Gasteiger partial charge on any atom is -0.303 e. The molecule has 2 nitrogen and oxygen atoms in total. The summed E-state index contributed by atoms with van der Waals surface area (Å²) < 4.78 is 0. The summed E-state index contributed by atoms with van der Waals surface area (Å²) in [6.45, 7) is 3.47. The van der Waals surface area contributed by atoms with Gasteiger partial charge in [0.15, 0.2) is 0 Å². The molecule has 1 saturated heterocycles. The Morgan fingerprint density at radius 3 is 2.36 bits per heavy atom. The Labute approximate surface area is 67.6 Å². The predicted molar refractivity (Wildman–Crippen MR) is 43.4 cm³/mol. The number of nitrogens with zero attached hydrogens (tertiary/aromatic N) is 1. The Bertz CT molecular complexity index is 157. The van der Waals surface area contributed by atoms with Crippen LogP contribution in [0.3, 0.4) is 0 Å². The Hall–Kier alpha value is -0.370. The zero-order valence-corrected chi connectivity index (χ0v) is 6.88. The van der Waals surface area contributed by atoms with Crippen molar-refractivity contribution in [1.82, 2.24) is 4.90 Å². The molecule has 11 heavy (non-hydrogen) atoms. The van der Waals surface area contributed by atoms with Crippen LogP contribution in [0.2, 0.25) is 0 Å².